The van der Waals surface area contributed by atoms with Crippen LogP contribution in [0.5, 0.6) is 0 Å². The Hall–Kier alpha value is -2.64. The van der Waals surface area contributed by atoms with Gasteiger partial charge in [0.1, 0.15) is 11.6 Å². The number of amides is 1. The zero-order valence-electron chi connectivity index (χ0n) is 18.0. The third-order valence-electron chi connectivity index (χ3n) is 6.21. The van der Waals surface area contributed by atoms with E-state index in [4.69, 9.17) is 0 Å². The quantitative estimate of drug-likeness (QED) is 0.733. The van der Waals surface area contributed by atoms with E-state index in [2.05, 4.69) is 21.9 Å². The summed E-state index contributed by atoms with van der Waals surface area (Å²) in [5.41, 5.74) is 1.44. The molecule has 0 bridgehead atoms. The first kappa shape index (κ1) is 21.6. The van der Waals surface area contributed by atoms with Crippen LogP contribution in [0, 0.1) is 11.6 Å². The number of benzene rings is 2. The van der Waals surface area contributed by atoms with Crippen molar-refractivity contribution < 1.29 is 13.6 Å². The lowest BCUT2D eigenvalue weighted by atomic mass is 9.97. The Balaban J connectivity index is 1.67. The summed E-state index contributed by atoms with van der Waals surface area (Å²) >= 11 is 0. The molecule has 2 aromatic rings. The van der Waals surface area contributed by atoms with Crippen LogP contribution in [0.3, 0.4) is 0 Å². The van der Waals surface area contributed by atoms with E-state index in [0.29, 0.717) is 18.6 Å². The Bertz CT molecular complexity index is 957. The lowest BCUT2D eigenvalue weighted by Gasteiger charge is -2.38. The van der Waals surface area contributed by atoms with Gasteiger partial charge in [0.25, 0.3) is 5.91 Å². The number of hydrogen-bond acceptors (Lipinski definition) is 4. The second kappa shape index (κ2) is 9.24. The normalized spacial score (nSPS) is 21.2. The van der Waals surface area contributed by atoms with E-state index in [1.165, 1.54) is 5.01 Å². The molecule has 2 aliphatic heterocycles. The number of halogens is 2. The highest BCUT2D eigenvalue weighted by Gasteiger charge is 2.38. The lowest BCUT2D eigenvalue weighted by molar-refractivity contribution is -0.139. The summed E-state index contributed by atoms with van der Waals surface area (Å²) in [6, 6.07) is 12.4. The third kappa shape index (κ3) is 4.52. The predicted molar refractivity (Wildman–Crippen MR) is 117 cm³/mol. The molecule has 2 atom stereocenters. The van der Waals surface area contributed by atoms with Crippen LogP contribution in [-0.2, 0) is 4.79 Å². The van der Waals surface area contributed by atoms with Gasteiger partial charge in [0.15, 0.2) is 0 Å². The SMILES string of the molecule is CCC(C(=O)N1N=C(c2cc(F)ccc2F)CC1c1ccccc1)N1CCN(C)CC1. The number of piperazine rings is 1. The molecule has 7 heteroatoms. The summed E-state index contributed by atoms with van der Waals surface area (Å²) in [6.07, 6.45) is 1.01. The van der Waals surface area contributed by atoms with Gasteiger partial charge in [0.05, 0.1) is 17.8 Å². The lowest BCUT2D eigenvalue weighted by Crippen LogP contribution is -2.54. The number of likely N-dealkylation sites (N-methyl/N-ethyl adjacent to an activating group) is 1. The van der Waals surface area contributed by atoms with Crippen molar-refractivity contribution in [2.24, 2.45) is 5.10 Å². The third-order valence-corrected chi connectivity index (χ3v) is 6.21. The topological polar surface area (TPSA) is 39.2 Å². The minimum Gasteiger partial charge on any atom is -0.304 e. The van der Waals surface area contributed by atoms with Gasteiger partial charge in [-0.25, -0.2) is 13.8 Å². The van der Waals surface area contributed by atoms with Crippen molar-refractivity contribution in [3.05, 3.63) is 71.3 Å². The standard InChI is InChI=1S/C24H28F2N4O/c1-3-22(29-13-11-28(2)12-14-29)24(31)30-23(17-7-5-4-6-8-17)16-21(27-30)19-15-18(25)9-10-20(19)26/h4-10,15,22-23H,3,11-14,16H2,1-2H3. The zero-order chi connectivity index (χ0) is 22.0. The molecule has 1 amide bonds. The molecule has 0 spiro atoms. The predicted octanol–water partition coefficient (Wildman–Crippen LogP) is 3.67. The van der Waals surface area contributed by atoms with Crippen LogP contribution in [0.15, 0.2) is 53.6 Å². The maximum absolute atomic E-state index is 14.5. The van der Waals surface area contributed by atoms with Gasteiger partial charge in [-0.2, -0.15) is 5.10 Å². The fourth-order valence-electron chi connectivity index (χ4n) is 4.41. The molecule has 4 rings (SSSR count). The van der Waals surface area contributed by atoms with E-state index < -0.39 is 11.6 Å². The van der Waals surface area contributed by atoms with Crippen molar-refractivity contribution in [1.29, 1.82) is 0 Å². The van der Waals surface area contributed by atoms with Crippen LogP contribution in [0.2, 0.25) is 0 Å². The number of hydrazone groups is 1. The Kier molecular flexibility index (Phi) is 6.43. The zero-order valence-corrected chi connectivity index (χ0v) is 18.0. The first-order valence-electron chi connectivity index (χ1n) is 10.8. The average molecular weight is 427 g/mol. The van der Waals surface area contributed by atoms with Crippen molar-refractivity contribution in [3.63, 3.8) is 0 Å². The summed E-state index contributed by atoms with van der Waals surface area (Å²) in [5, 5.41) is 6.05. The van der Waals surface area contributed by atoms with Gasteiger partial charge in [-0.05, 0) is 37.2 Å². The van der Waals surface area contributed by atoms with Crippen LogP contribution in [0.4, 0.5) is 8.78 Å². The molecule has 2 aromatic carbocycles. The maximum Gasteiger partial charge on any atom is 0.260 e. The van der Waals surface area contributed by atoms with Gasteiger partial charge in [-0.3, -0.25) is 9.69 Å². The van der Waals surface area contributed by atoms with E-state index in [1.807, 2.05) is 37.3 Å². The minimum atomic E-state index is -0.535. The van der Waals surface area contributed by atoms with Crippen molar-refractivity contribution in [3.8, 4) is 0 Å². The van der Waals surface area contributed by atoms with Gasteiger partial charge in [-0.1, -0.05) is 37.3 Å². The summed E-state index contributed by atoms with van der Waals surface area (Å²) in [4.78, 5) is 18.1. The maximum atomic E-state index is 14.5. The highest BCUT2D eigenvalue weighted by molar-refractivity contribution is 6.03. The van der Waals surface area contributed by atoms with Crippen LogP contribution >= 0.6 is 0 Å². The molecular formula is C24H28F2N4O. The number of carbonyl (C=O) groups is 1. The van der Waals surface area contributed by atoms with Crippen molar-refractivity contribution in [2.45, 2.75) is 31.8 Å². The van der Waals surface area contributed by atoms with Gasteiger partial charge in [-0.15, -0.1) is 0 Å². The number of hydrogen-bond donors (Lipinski definition) is 0. The Morgan fingerprint density at radius 3 is 2.48 bits per heavy atom. The van der Waals surface area contributed by atoms with E-state index in [-0.39, 0.29) is 23.6 Å². The highest BCUT2D eigenvalue weighted by Crippen LogP contribution is 2.34. The summed E-state index contributed by atoms with van der Waals surface area (Å²) < 4.78 is 28.3. The molecule has 0 aliphatic carbocycles. The first-order valence-corrected chi connectivity index (χ1v) is 10.8. The Morgan fingerprint density at radius 1 is 1.10 bits per heavy atom. The molecule has 0 N–H and O–H groups in total. The largest absolute Gasteiger partial charge is 0.304 e. The highest BCUT2D eigenvalue weighted by atomic mass is 19.1. The molecule has 5 nitrogen and oxygen atoms in total. The molecular weight excluding hydrogens is 398 g/mol. The molecule has 1 fully saturated rings. The molecule has 0 saturated carbocycles. The van der Waals surface area contributed by atoms with Crippen LogP contribution in [-0.4, -0.2) is 65.7 Å². The van der Waals surface area contributed by atoms with Crippen LogP contribution in [0.1, 0.15) is 36.9 Å². The summed E-state index contributed by atoms with van der Waals surface area (Å²) in [6.45, 7) is 5.47. The van der Waals surface area contributed by atoms with Gasteiger partial charge in [0, 0.05) is 38.2 Å². The van der Waals surface area contributed by atoms with Gasteiger partial charge < -0.3 is 4.90 Å². The van der Waals surface area contributed by atoms with E-state index in [9.17, 15) is 13.6 Å². The smallest absolute Gasteiger partial charge is 0.260 e. The minimum absolute atomic E-state index is 0.0901. The molecule has 2 aliphatic rings. The van der Waals surface area contributed by atoms with E-state index in [1.54, 1.807) is 0 Å². The van der Waals surface area contributed by atoms with Gasteiger partial charge in [0.2, 0.25) is 0 Å². The van der Waals surface area contributed by atoms with E-state index >= 15 is 0 Å². The summed E-state index contributed by atoms with van der Waals surface area (Å²) in [5.74, 6) is -1.15. The van der Waals surface area contributed by atoms with E-state index in [0.717, 1.165) is 49.9 Å². The fraction of sp³-hybridized carbons (Fsp3) is 0.417. The number of rotatable bonds is 5. The average Bonchev–Trinajstić information content (AvgIpc) is 3.23. The number of nitrogens with zero attached hydrogens (tertiary/aromatic N) is 4. The van der Waals surface area contributed by atoms with Crippen molar-refractivity contribution in [2.75, 3.05) is 33.2 Å². The first-order chi connectivity index (χ1) is 15.0. The molecule has 1 saturated heterocycles. The number of carbonyl (C=O) groups excluding carboxylic acids is 1. The summed E-state index contributed by atoms with van der Waals surface area (Å²) in [7, 11) is 2.08. The van der Waals surface area contributed by atoms with Gasteiger partial charge >= 0.3 is 0 Å². The van der Waals surface area contributed by atoms with Crippen molar-refractivity contribution >= 4 is 11.6 Å². The second-order valence-electron chi connectivity index (χ2n) is 8.25. The molecule has 164 valence electrons. The fourth-order valence-corrected chi connectivity index (χ4v) is 4.41. The Morgan fingerprint density at radius 2 is 1.81 bits per heavy atom. The monoisotopic (exact) mass is 426 g/mol. The van der Waals surface area contributed by atoms with Crippen LogP contribution < -0.4 is 0 Å². The molecule has 0 radical (unpaired) electrons. The molecule has 2 unspecified atom stereocenters. The molecule has 0 aromatic heterocycles. The van der Waals surface area contributed by atoms with Crippen molar-refractivity contribution in [1.82, 2.24) is 14.8 Å². The molecule has 31 heavy (non-hydrogen) atoms. The van der Waals surface area contributed by atoms with Crippen LogP contribution in [0.25, 0.3) is 0 Å². The second-order valence-corrected chi connectivity index (χ2v) is 8.25. The Labute approximate surface area is 181 Å². The molecule has 2 heterocycles.